The van der Waals surface area contributed by atoms with Crippen LogP contribution in [0.2, 0.25) is 0 Å². The molecule has 1 N–H and O–H groups in total. The minimum Gasteiger partial charge on any atom is -0.388 e. The molecular weight excluding hydrogens is 356 g/mol. The Hall–Kier alpha value is -1.35. The van der Waals surface area contributed by atoms with Crippen molar-refractivity contribution in [3.8, 4) is 0 Å². The van der Waals surface area contributed by atoms with Crippen LogP contribution in [-0.4, -0.2) is 14.7 Å². The molecule has 0 unspecified atom stereocenters. The number of hydrogen-bond donors (Lipinski definition) is 1. The summed E-state index contributed by atoms with van der Waals surface area (Å²) in [5, 5.41) is 9.57. The molecule has 2 aromatic rings. The van der Waals surface area contributed by atoms with Crippen molar-refractivity contribution in [3.63, 3.8) is 0 Å². The van der Waals surface area contributed by atoms with E-state index in [1.165, 1.54) is 103 Å². The molecule has 0 atom stereocenters. The number of para-hydroxylation sites is 2. The van der Waals surface area contributed by atoms with Gasteiger partial charge in [-0.25, -0.2) is 4.98 Å². The Balaban J connectivity index is 1.42. The van der Waals surface area contributed by atoms with E-state index in [0.29, 0.717) is 0 Å². The van der Waals surface area contributed by atoms with Crippen LogP contribution in [0.5, 0.6) is 0 Å². The van der Waals surface area contributed by atoms with E-state index in [2.05, 4.69) is 28.6 Å². The van der Waals surface area contributed by atoms with Gasteiger partial charge in [0.05, 0.1) is 11.0 Å². The molecule has 29 heavy (non-hydrogen) atoms. The van der Waals surface area contributed by atoms with Gasteiger partial charge in [0.2, 0.25) is 0 Å². The highest BCUT2D eigenvalue weighted by Gasteiger charge is 2.08. The molecule has 1 aromatic heterocycles. The Labute approximate surface area is 178 Å². The van der Waals surface area contributed by atoms with Crippen LogP contribution in [0, 0.1) is 0 Å². The number of aryl methyl sites for hydroxylation is 1. The van der Waals surface area contributed by atoms with Crippen molar-refractivity contribution in [3.05, 3.63) is 30.1 Å². The Kier molecular flexibility index (Phi) is 12.8. The minimum atomic E-state index is 0.0214. The summed E-state index contributed by atoms with van der Waals surface area (Å²) in [7, 11) is 0. The summed E-state index contributed by atoms with van der Waals surface area (Å²) in [5.41, 5.74) is 2.14. The van der Waals surface area contributed by atoms with E-state index >= 15 is 0 Å². The molecule has 0 saturated heterocycles. The fourth-order valence-electron chi connectivity index (χ4n) is 4.31. The van der Waals surface area contributed by atoms with Crippen molar-refractivity contribution in [2.75, 3.05) is 0 Å². The molecule has 0 saturated carbocycles. The lowest BCUT2D eigenvalue weighted by Crippen LogP contribution is -2.04. The molecule has 0 amide bonds. The molecule has 0 spiro atoms. The molecule has 0 aliphatic heterocycles. The fraction of sp³-hybridized carbons (Fsp3) is 0.731. The first-order valence-corrected chi connectivity index (χ1v) is 12.4. The molecule has 1 heterocycles. The third-order valence-corrected chi connectivity index (χ3v) is 6.11. The summed E-state index contributed by atoms with van der Waals surface area (Å²) in [5.74, 6) is 0.798. The first-order chi connectivity index (χ1) is 14.4. The highest BCUT2D eigenvalue weighted by atomic mass is 16.3. The third-order valence-electron chi connectivity index (χ3n) is 6.11. The van der Waals surface area contributed by atoms with Gasteiger partial charge in [-0.15, -0.1) is 0 Å². The van der Waals surface area contributed by atoms with Crippen LogP contribution >= 0.6 is 0 Å². The largest absolute Gasteiger partial charge is 0.388 e. The second-order valence-corrected chi connectivity index (χ2v) is 8.63. The van der Waals surface area contributed by atoms with E-state index in [1.54, 1.807) is 0 Å². The van der Waals surface area contributed by atoms with E-state index in [4.69, 9.17) is 0 Å². The van der Waals surface area contributed by atoms with E-state index < -0.39 is 0 Å². The van der Waals surface area contributed by atoms with Gasteiger partial charge in [0.25, 0.3) is 0 Å². The number of aliphatic hydroxyl groups excluding tert-OH is 1. The zero-order valence-electron chi connectivity index (χ0n) is 18.9. The van der Waals surface area contributed by atoms with Gasteiger partial charge in [-0.1, -0.05) is 115 Å². The van der Waals surface area contributed by atoms with Crippen LogP contribution in [0.15, 0.2) is 24.3 Å². The molecule has 0 fully saturated rings. The van der Waals surface area contributed by atoms with Crippen molar-refractivity contribution in [2.24, 2.45) is 0 Å². The van der Waals surface area contributed by atoms with E-state index in [9.17, 15) is 5.11 Å². The molecule has 0 radical (unpaired) electrons. The lowest BCUT2D eigenvalue weighted by Gasteiger charge is -2.08. The summed E-state index contributed by atoms with van der Waals surface area (Å²) in [6, 6.07) is 8.19. The van der Waals surface area contributed by atoms with Crippen LogP contribution in [0.4, 0.5) is 0 Å². The number of rotatable bonds is 18. The summed E-state index contributed by atoms with van der Waals surface area (Å²) in [6.45, 7) is 3.28. The number of benzene rings is 1. The van der Waals surface area contributed by atoms with Crippen molar-refractivity contribution in [1.82, 2.24) is 9.55 Å². The van der Waals surface area contributed by atoms with Gasteiger partial charge in [0.1, 0.15) is 12.4 Å². The van der Waals surface area contributed by atoms with Gasteiger partial charge >= 0.3 is 0 Å². The topological polar surface area (TPSA) is 38.0 Å². The summed E-state index contributed by atoms with van der Waals surface area (Å²) >= 11 is 0. The first-order valence-electron chi connectivity index (χ1n) is 12.4. The predicted octanol–water partition coefficient (Wildman–Crippen LogP) is 7.79. The van der Waals surface area contributed by atoms with Crippen molar-refractivity contribution in [2.45, 2.75) is 123 Å². The number of aliphatic hydroxyl groups is 1. The number of fused-ring (bicyclic) bond motifs is 1. The highest BCUT2D eigenvalue weighted by Crippen LogP contribution is 2.18. The third kappa shape index (κ3) is 9.33. The van der Waals surface area contributed by atoms with Crippen LogP contribution in [-0.2, 0) is 13.2 Å². The van der Waals surface area contributed by atoms with Gasteiger partial charge in [-0.05, 0) is 18.6 Å². The second kappa shape index (κ2) is 15.5. The Morgan fingerprint density at radius 3 is 1.69 bits per heavy atom. The number of nitrogens with zero attached hydrogens (tertiary/aromatic N) is 2. The van der Waals surface area contributed by atoms with Gasteiger partial charge in [0.15, 0.2) is 0 Å². The maximum Gasteiger partial charge on any atom is 0.135 e. The molecule has 0 bridgehead atoms. The average molecular weight is 401 g/mol. The van der Waals surface area contributed by atoms with Crippen LogP contribution in [0.3, 0.4) is 0 Å². The van der Waals surface area contributed by atoms with E-state index in [0.717, 1.165) is 23.4 Å². The molecule has 0 aliphatic carbocycles. The van der Waals surface area contributed by atoms with Crippen LogP contribution < -0.4 is 0 Å². The Bertz CT molecular complexity index is 649. The molecule has 3 heteroatoms. The highest BCUT2D eigenvalue weighted by molar-refractivity contribution is 5.75. The van der Waals surface area contributed by atoms with Crippen LogP contribution in [0.1, 0.15) is 115 Å². The molecule has 164 valence electrons. The lowest BCUT2D eigenvalue weighted by atomic mass is 10.0. The lowest BCUT2D eigenvalue weighted by molar-refractivity contribution is 0.265. The maximum absolute atomic E-state index is 9.57. The monoisotopic (exact) mass is 400 g/mol. The zero-order valence-corrected chi connectivity index (χ0v) is 18.9. The number of unbranched alkanes of at least 4 members (excludes halogenated alkanes) is 15. The minimum absolute atomic E-state index is 0.0214. The number of imidazole rings is 1. The first kappa shape index (κ1) is 23.9. The number of hydrogen-bond acceptors (Lipinski definition) is 2. The average Bonchev–Trinajstić information content (AvgIpc) is 3.11. The van der Waals surface area contributed by atoms with E-state index in [1.807, 2.05) is 12.1 Å². The number of aromatic nitrogens is 2. The standard InChI is InChI=1S/C26H44N2O/c1-2-3-4-5-6-7-8-9-10-11-12-13-14-15-16-19-22-28-25-21-18-17-20-24(25)27-26(28)23-29/h17-18,20-21,29H,2-16,19,22-23H2,1H3. The van der Waals surface area contributed by atoms with Gasteiger partial charge in [-0.3, -0.25) is 0 Å². The smallest absolute Gasteiger partial charge is 0.135 e. The molecule has 2 rings (SSSR count). The summed E-state index contributed by atoms with van der Waals surface area (Å²) in [4.78, 5) is 4.54. The summed E-state index contributed by atoms with van der Waals surface area (Å²) < 4.78 is 2.19. The SMILES string of the molecule is CCCCCCCCCCCCCCCCCCn1c(CO)nc2ccccc21. The van der Waals surface area contributed by atoms with Crippen molar-refractivity contribution >= 4 is 11.0 Å². The van der Waals surface area contributed by atoms with Gasteiger partial charge in [0, 0.05) is 6.54 Å². The molecule has 0 aliphatic rings. The Morgan fingerprint density at radius 2 is 1.17 bits per heavy atom. The molecule has 3 nitrogen and oxygen atoms in total. The van der Waals surface area contributed by atoms with E-state index in [-0.39, 0.29) is 6.61 Å². The van der Waals surface area contributed by atoms with Crippen molar-refractivity contribution < 1.29 is 5.11 Å². The van der Waals surface area contributed by atoms with Gasteiger partial charge in [-0.2, -0.15) is 0 Å². The summed E-state index contributed by atoms with van der Waals surface area (Å²) in [6.07, 6.45) is 22.3. The fourth-order valence-corrected chi connectivity index (χ4v) is 4.31. The second-order valence-electron chi connectivity index (χ2n) is 8.63. The zero-order chi connectivity index (χ0) is 20.6. The Morgan fingerprint density at radius 1 is 0.690 bits per heavy atom. The normalized spacial score (nSPS) is 11.5. The predicted molar refractivity (Wildman–Crippen MR) is 125 cm³/mol. The van der Waals surface area contributed by atoms with Crippen LogP contribution in [0.25, 0.3) is 11.0 Å². The quantitative estimate of drug-likeness (QED) is 0.259. The van der Waals surface area contributed by atoms with Crippen molar-refractivity contribution in [1.29, 1.82) is 0 Å². The molecular formula is C26H44N2O. The molecule has 1 aromatic carbocycles. The van der Waals surface area contributed by atoms with Gasteiger partial charge < -0.3 is 9.67 Å². The maximum atomic E-state index is 9.57.